The van der Waals surface area contributed by atoms with Crippen LogP contribution in [0.4, 0.5) is 0 Å². The van der Waals surface area contributed by atoms with Crippen molar-refractivity contribution in [3.8, 4) is 0 Å². The Labute approximate surface area is 87.7 Å². The zero-order valence-electron chi connectivity index (χ0n) is 8.29. The summed E-state index contributed by atoms with van der Waals surface area (Å²) in [5.41, 5.74) is 3.08. The van der Waals surface area contributed by atoms with Gasteiger partial charge in [-0.1, -0.05) is 0 Å². The number of hydrogen-bond acceptors (Lipinski definition) is 2. The van der Waals surface area contributed by atoms with E-state index in [4.69, 9.17) is 11.6 Å². The average Bonchev–Trinajstić information content (AvgIpc) is 2.48. The van der Waals surface area contributed by atoms with E-state index in [2.05, 4.69) is 9.97 Å². The van der Waals surface area contributed by atoms with Gasteiger partial charge in [-0.15, -0.1) is 11.6 Å². The van der Waals surface area contributed by atoms with Crippen LogP contribution in [0.1, 0.15) is 11.4 Å². The van der Waals surface area contributed by atoms with Crippen LogP contribution in [-0.2, 0) is 13.5 Å². The molecule has 0 fully saturated rings. The molecule has 0 amide bonds. The van der Waals surface area contributed by atoms with Crippen molar-refractivity contribution in [2.75, 3.05) is 5.88 Å². The molecule has 2 aromatic heterocycles. The van der Waals surface area contributed by atoms with Crippen LogP contribution < -0.4 is 0 Å². The van der Waals surface area contributed by atoms with Gasteiger partial charge in [0.1, 0.15) is 11.3 Å². The maximum atomic E-state index is 5.70. The fourth-order valence-corrected chi connectivity index (χ4v) is 1.72. The smallest absolute Gasteiger partial charge is 0.159 e. The first-order valence-electron chi connectivity index (χ1n) is 4.57. The number of imidazole rings is 1. The van der Waals surface area contributed by atoms with Crippen molar-refractivity contribution in [2.24, 2.45) is 7.05 Å². The summed E-state index contributed by atoms with van der Waals surface area (Å²) in [5, 5.41) is 0. The Balaban J connectivity index is 2.67. The summed E-state index contributed by atoms with van der Waals surface area (Å²) in [6.45, 7) is 2.04. The normalized spacial score (nSPS) is 11.1. The molecular weight excluding hydrogens is 198 g/mol. The number of alkyl halides is 1. The van der Waals surface area contributed by atoms with Crippen molar-refractivity contribution in [3.63, 3.8) is 0 Å². The quantitative estimate of drug-likeness (QED) is 0.709. The predicted octanol–water partition coefficient (Wildman–Crippen LogP) is 2.06. The van der Waals surface area contributed by atoms with Gasteiger partial charge in [0, 0.05) is 25.5 Å². The van der Waals surface area contributed by atoms with Crippen LogP contribution in [0.15, 0.2) is 12.3 Å². The van der Waals surface area contributed by atoms with Gasteiger partial charge in [-0.2, -0.15) is 0 Å². The van der Waals surface area contributed by atoms with Gasteiger partial charge < -0.3 is 4.57 Å². The summed E-state index contributed by atoms with van der Waals surface area (Å²) in [5.74, 6) is 1.59. The second-order valence-corrected chi connectivity index (χ2v) is 3.70. The summed E-state index contributed by atoms with van der Waals surface area (Å²) in [6.07, 6.45) is 2.59. The molecule has 0 aromatic carbocycles. The van der Waals surface area contributed by atoms with Gasteiger partial charge in [-0.25, -0.2) is 9.97 Å². The Morgan fingerprint density at radius 2 is 2.29 bits per heavy atom. The number of nitrogens with zero attached hydrogens (tertiary/aromatic N) is 3. The fourth-order valence-electron chi connectivity index (χ4n) is 1.55. The highest BCUT2D eigenvalue weighted by atomic mass is 35.5. The highest BCUT2D eigenvalue weighted by Gasteiger charge is 2.09. The number of aryl methyl sites for hydroxylation is 3. The van der Waals surface area contributed by atoms with Crippen LogP contribution in [0.2, 0.25) is 0 Å². The summed E-state index contributed by atoms with van der Waals surface area (Å²) in [7, 11) is 1.98. The van der Waals surface area contributed by atoms with Gasteiger partial charge >= 0.3 is 0 Å². The molecule has 0 aliphatic rings. The van der Waals surface area contributed by atoms with Crippen molar-refractivity contribution in [3.05, 3.63) is 23.7 Å². The molecule has 14 heavy (non-hydrogen) atoms. The number of rotatable bonds is 2. The van der Waals surface area contributed by atoms with Crippen LogP contribution in [0.5, 0.6) is 0 Å². The molecule has 74 valence electrons. The minimum absolute atomic E-state index is 0.593. The topological polar surface area (TPSA) is 30.7 Å². The van der Waals surface area contributed by atoms with E-state index in [-0.39, 0.29) is 0 Å². The molecule has 0 radical (unpaired) electrons. The molecule has 2 heterocycles. The van der Waals surface area contributed by atoms with E-state index in [1.807, 2.05) is 30.8 Å². The van der Waals surface area contributed by atoms with Crippen molar-refractivity contribution in [1.29, 1.82) is 0 Å². The SMILES string of the molecule is Cc1ccnc2c1nc(CCCl)n2C. The van der Waals surface area contributed by atoms with E-state index >= 15 is 0 Å². The van der Waals surface area contributed by atoms with Crippen LogP contribution in [0.3, 0.4) is 0 Å². The summed E-state index contributed by atoms with van der Waals surface area (Å²) < 4.78 is 2.00. The average molecular weight is 210 g/mol. The fraction of sp³-hybridized carbons (Fsp3) is 0.400. The zero-order chi connectivity index (χ0) is 10.1. The minimum atomic E-state index is 0.593. The Bertz CT molecular complexity index is 462. The first kappa shape index (κ1) is 9.46. The summed E-state index contributed by atoms with van der Waals surface area (Å²) >= 11 is 5.70. The van der Waals surface area contributed by atoms with E-state index in [1.165, 1.54) is 0 Å². The van der Waals surface area contributed by atoms with Gasteiger partial charge in [-0.3, -0.25) is 0 Å². The molecule has 0 aliphatic carbocycles. The van der Waals surface area contributed by atoms with Crippen LogP contribution in [-0.4, -0.2) is 20.4 Å². The first-order valence-corrected chi connectivity index (χ1v) is 5.10. The third-order valence-corrected chi connectivity index (χ3v) is 2.56. The van der Waals surface area contributed by atoms with Crippen molar-refractivity contribution >= 4 is 22.8 Å². The van der Waals surface area contributed by atoms with Gasteiger partial charge in [0.25, 0.3) is 0 Å². The van der Waals surface area contributed by atoms with Crippen molar-refractivity contribution in [2.45, 2.75) is 13.3 Å². The molecule has 2 rings (SSSR count). The molecule has 0 spiro atoms. The van der Waals surface area contributed by atoms with E-state index in [0.717, 1.165) is 29.0 Å². The lowest BCUT2D eigenvalue weighted by Crippen LogP contribution is -1.98. The second kappa shape index (κ2) is 3.58. The summed E-state index contributed by atoms with van der Waals surface area (Å²) in [4.78, 5) is 8.82. The Morgan fingerprint density at radius 1 is 1.50 bits per heavy atom. The number of halogens is 1. The van der Waals surface area contributed by atoms with E-state index in [9.17, 15) is 0 Å². The van der Waals surface area contributed by atoms with Gasteiger partial charge in [0.2, 0.25) is 0 Å². The minimum Gasteiger partial charge on any atom is -0.316 e. The Hall–Kier alpha value is -1.09. The zero-order valence-corrected chi connectivity index (χ0v) is 9.04. The second-order valence-electron chi connectivity index (χ2n) is 3.33. The Kier molecular flexibility index (Phi) is 2.42. The maximum absolute atomic E-state index is 5.70. The molecule has 0 N–H and O–H groups in total. The largest absolute Gasteiger partial charge is 0.316 e. The Morgan fingerprint density at radius 3 is 2.93 bits per heavy atom. The lowest BCUT2D eigenvalue weighted by atomic mass is 10.3. The molecule has 4 heteroatoms. The predicted molar refractivity (Wildman–Crippen MR) is 57.7 cm³/mol. The van der Waals surface area contributed by atoms with E-state index in [1.54, 1.807) is 0 Å². The standard InChI is InChI=1S/C10H12ClN3/c1-7-4-6-12-10-9(7)13-8(3-5-11)14(10)2/h4,6H,3,5H2,1-2H3. The molecule has 0 atom stereocenters. The first-order chi connectivity index (χ1) is 6.74. The number of pyridine rings is 1. The number of hydrogen-bond donors (Lipinski definition) is 0. The molecule has 2 aromatic rings. The number of fused-ring (bicyclic) bond motifs is 1. The van der Waals surface area contributed by atoms with Crippen LogP contribution >= 0.6 is 11.6 Å². The van der Waals surface area contributed by atoms with Gasteiger partial charge in [0.05, 0.1) is 0 Å². The van der Waals surface area contributed by atoms with E-state index < -0.39 is 0 Å². The highest BCUT2D eigenvalue weighted by Crippen LogP contribution is 2.16. The highest BCUT2D eigenvalue weighted by molar-refractivity contribution is 6.17. The molecule has 0 saturated heterocycles. The maximum Gasteiger partial charge on any atom is 0.159 e. The molecular formula is C10H12ClN3. The van der Waals surface area contributed by atoms with Gasteiger partial charge in [0.15, 0.2) is 5.65 Å². The molecule has 0 saturated carbocycles. The van der Waals surface area contributed by atoms with Crippen molar-refractivity contribution in [1.82, 2.24) is 14.5 Å². The summed E-state index contributed by atoms with van der Waals surface area (Å²) in [6, 6.07) is 1.97. The number of aromatic nitrogens is 3. The molecule has 0 aliphatic heterocycles. The van der Waals surface area contributed by atoms with E-state index in [0.29, 0.717) is 5.88 Å². The lowest BCUT2D eigenvalue weighted by molar-refractivity contribution is 0.823. The monoisotopic (exact) mass is 209 g/mol. The van der Waals surface area contributed by atoms with Crippen molar-refractivity contribution < 1.29 is 0 Å². The lowest BCUT2D eigenvalue weighted by Gasteiger charge is -1.97. The third kappa shape index (κ3) is 1.38. The van der Waals surface area contributed by atoms with Crippen LogP contribution in [0, 0.1) is 6.92 Å². The molecule has 3 nitrogen and oxygen atoms in total. The van der Waals surface area contributed by atoms with Crippen LogP contribution in [0.25, 0.3) is 11.2 Å². The molecule has 0 unspecified atom stereocenters. The van der Waals surface area contributed by atoms with Gasteiger partial charge in [-0.05, 0) is 18.6 Å². The third-order valence-electron chi connectivity index (χ3n) is 2.37. The molecule has 0 bridgehead atoms.